The summed E-state index contributed by atoms with van der Waals surface area (Å²) in [5.74, 6) is 0. The fourth-order valence-electron chi connectivity index (χ4n) is 0.913. The summed E-state index contributed by atoms with van der Waals surface area (Å²) >= 11 is 4.39. The van der Waals surface area contributed by atoms with Crippen LogP contribution in [0.5, 0.6) is 0 Å². The Morgan fingerprint density at radius 1 is 1.40 bits per heavy atom. The second kappa shape index (κ2) is 4.71. The number of benzene rings is 1. The number of thioether (sulfide) groups is 1. The summed E-state index contributed by atoms with van der Waals surface area (Å²) in [7, 11) is 0. The molecule has 0 aromatic heterocycles. The maximum Gasteiger partial charge on any atom is 0.446 e. The fraction of sp³-hybridized carbons (Fsp3) is 0.125. The van der Waals surface area contributed by atoms with Gasteiger partial charge in [-0.15, -0.1) is 0 Å². The van der Waals surface area contributed by atoms with Crippen molar-refractivity contribution in [3.05, 3.63) is 24.3 Å². The molecule has 15 heavy (non-hydrogen) atoms. The van der Waals surface area contributed by atoms with Crippen molar-refractivity contribution >= 4 is 34.8 Å². The fourth-order valence-corrected chi connectivity index (χ4v) is 1.63. The van der Waals surface area contributed by atoms with Crippen LogP contribution in [0.4, 0.5) is 18.9 Å². The van der Waals surface area contributed by atoms with Crippen molar-refractivity contribution in [2.24, 2.45) is 5.73 Å². The van der Waals surface area contributed by atoms with Crippen molar-refractivity contribution in [2.45, 2.75) is 10.4 Å². The van der Waals surface area contributed by atoms with Gasteiger partial charge in [-0.3, -0.25) is 0 Å². The Labute approximate surface area is 94.0 Å². The molecule has 2 nitrogen and oxygen atoms in total. The molecule has 7 heteroatoms. The van der Waals surface area contributed by atoms with Gasteiger partial charge in [-0.1, -0.05) is 6.07 Å². The molecule has 82 valence electrons. The van der Waals surface area contributed by atoms with E-state index >= 15 is 0 Å². The number of anilines is 1. The Bertz CT molecular complexity index is 365. The van der Waals surface area contributed by atoms with Crippen LogP contribution in [0, 0.1) is 0 Å². The van der Waals surface area contributed by atoms with E-state index in [1.807, 2.05) is 0 Å². The molecular weight excluding hydrogens is 245 g/mol. The SMILES string of the molecule is NC(=S)Nc1cccc(SC(F)(F)F)c1. The lowest BCUT2D eigenvalue weighted by Gasteiger charge is -2.08. The molecule has 0 saturated carbocycles. The van der Waals surface area contributed by atoms with Gasteiger partial charge < -0.3 is 11.1 Å². The van der Waals surface area contributed by atoms with Gasteiger partial charge in [0.25, 0.3) is 0 Å². The Hall–Kier alpha value is -0.950. The van der Waals surface area contributed by atoms with Crippen molar-refractivity contribution in [2.75, 3.05) is 5.32 Å². The van der Waals surface area contributed by atoms with E-state index in [0.29, 0.717) is 5.69 Å². The second-order valence-corrected chi connectivity index (χ2v) is 4.14. The maximum absolute atomic E-state index is 12.0. The van der Waals surface area contributed by atoms with Crippen molar-refractivity contribution < 1.29 is 13.2 Å². The molecule has 1 rings (SSSR count). The number of thiocarbonyl (C=S) groups is 1. The first kappa shape index (κ1) is 12.1. The second-order valence-electron chi connectivity index (χ2n) is 2.56. The van der Waals surface area contributed by atoms with E-state index in [0.717, 1.165) is 0 Å². The lowest BCUT2D eigenvalue weighted by atomic mass is 10.3. The molecule has 0 unspecified atom stereocenters. The highest BCUT2D eigenvalue weighted by Gasteiger charge is 2.29. The Morgan fingerprint density at radius 2 is 2.07 bits per heavy atom. The van der Waals surface area contributed by atoms with E-state index < -0.39 is 5.51 Å². The van der Waals surface area contributed by atoms with Gasteiger partial charge in [-0.25, -0.2) is 0 Å². The topological polar surface area (TPSA) is 38.0 Å². The molecule has 1 aromatic rings. The molecule has 0 saturated heterocycles. The minimum absolute atomic E-state index is 0.0177. The third-order valence-corrected chi connectivity index (χ3v) is 2.16. The van der Waals surface area contributed by atoms with Gasteiger partial charge in [0, 0.05) is 10.6 Å². The third-order valence-electron chi connectivity index (χ3n) is 1.34. The van der Waals surface area contributed by atoms with Gasteiger partial charge in [0.15, 0.2) is 5.11 Å². The van der Waals surface area contributed by atoms with E-state index in [4.69, 9.17) is 5.73 Å². The van der Waals surface area contributed by atoms with Crippen LogP contribution in [0.3, 0.4) is 0 Å². The highest BCUT2D eigenvalue weighted by Crippen LogP contribution is 2.37. The first-order valence-electron chi connectivity index (χ1n) is 3.79. The van der Waals surface area contributed by atoms with E-state index in [1.54, 1.807) is 6.07 Å². The summed E-state index contributed by atoms with van der Waals surface area (Å²) in [6, 6.07) is 5.77. The zero-order chi connectivity index (χ0) is 11.5. The van der Waals surface area contributed by atoms with E-state index in [-0.39, 0.29) is 21.8 Å². The first-order valence-corrected chi connectivity index (χ1v) is 5.01. The molecule has 3 N–H and O–H groups in total. The Morgan fingerprint density at radius 3 is 2.60 bits per heavy atom. The summed E-state index contributed by atoms with van der Waals surface area (Å²) in [4.78, 5) is 0.0868. The smallest absolute Gasteiger partial charge is 0.376 e. The summed E-state index contributed by atoms with van der Waals surface area (Å²) in [6.45, 7) is 0. The van der Waals surface area contributed by atoms with Crippen molar-refractivity contribution in [3.8, 4) is 0 Å². The first-order chi connectivity index (χ1) is 6.87. The summed E-state index contributed by atoms with van der Waals surface area (Å²) in [6.07, 6.45) is 0. The van der Waals surface area contributed by atoms with Crippen LogP contribution in [0.1, 0.15) is 0 Å². The molecule has 0 amide bonds. The monoisotopic (exact) mass is 252 g/mol. The average Bonchev–Trinajstić information content (AvgIpc) is 1.99. The molecule has 0 bridgehead atoms. The standard InChI is InChI=1S/C8H7F3N2S2/c9-8(10,11)15-6-3-1-2-5(4-6)13-7(12)14/h1-4H,(H3,12,13,14). The van der Waals surface area contributed by atoms with E-state index in [9.17, 15) is 13.2 Å². The van der Waals surface area contributed by atoms with Gasteiger partial charge >= 0.3 is 5.51 Å². The molecule has 0 aliphatic rings. The van der Waals surface area contributed by atoms with Gasteiger partial charge in [-0.05, 0) is 42.2 Å². The van der Waals surface area contributed by atoms with Crippen LogP contribution in [0.15, 0.2) is 29.2 Å². The zero-order valence-corrected chi connectivity index (χ0v) is 8.97. The quantitative estimate of drug-likeness (QED) is 0.627. The summed E-state index contributed by atoms with van der Waals surface area (Å²) in [5.41, 5.74) is 1.34. The van der Waals surface area contributed by atoms with Crippen LogP contribution in [0.25, 0.3) is 0 Å². The molecule has 0 aliphatic carbocycles. The van der Waals surface area contributed by atoms with Crippen LogP contribution in [-0.4, -0.2) is 10.6 Å². The molecule has 0 fully saturated rings. The van der Waals surface area contributed by atoms with Crippen molar-refractivity contribution in [1.29, 1.82) is 0 Å². The number of nitrogens with one attached hydrogen (secondary N) is 1. The van der Waals surface area contributed by atoms with E-state index in [1.165, 1.54) is 18.2 Å². The maximum atomic E-state index is 12.0. The predicted octanol–water partition coefficient (Wildman–Crippen LogP) is 2.95. The van der Waals surface area contributed by atoms with Crippen LogP contribution in [0.2, 0.25) is 0 Å². The van der Waals surface area contributed by atoms with Crippen LogP contribution >= 0.6 is 24.0 Å². The highest BCUT2D eigenvalue weighted by molar-refractivity contribution is 8.00. The molecule has 0 heterocycles. The number of halogens is 3. The number of alkyl halides is 3. The predicted molar refractivity (Wildman–Crippen MR) is 58.8 cm³/mol. The lowest BCUT2D eigenvalue weighted by Crippen LogP contribution is -2.18. The highest BCUT2D eigenvalue weighted by atomic mass is 32.2. The normalized spacial score (nSPS) is 11.1. The van der Waals surface area contributed by atoms with Gasteiger partial charge in [0.05, 0.1) is 0 Å². The molecule has 0 aliphatic heterocycles. The number of rotatable bonds is 2. The molecule has 1 aromatic carbocycles. The average molecular weight is 252 g/mol. The molecule has 0 spiro atoms. The van der Waals surface area contributed by atoms with Crippen molar-refractivity contribution in [3.63, 3.8) is 0 Å². The van der Waals surface area contributed by atoms with E-state index in [2.05, 4.69) is 17.5 Å². The van der Waals surface area contributed by atoms with Gasteiger partial charge in [-0.2, -0.15) is 13.2 Å². The molecular formula is C8H7F3N2S2. The lowest BCUT2D eigenvalue weighted by molar-refractivity contribution is -0.0328. The Kier molecular flexibility index (Phi) is 3.81. The van der Waals surface area contributed by atoms with Crippen LogP contribution in [-0.2, 0) is 0 Å². The minimum Gasteiger partial charge on any atom is -0.376 e. The molecule has 0 radical (unpaired) electrons. The summed E-state index contributed by atoms with van der Waals surface area (Å²) in [5, 5.41) is 2.58. The largest absolute Gasteiger partial charge is 0.446 e. The third kappa shape index (κ3) is 4.89. The van der Waals surface area contributed by atoms with Crippen molar-refractivity contribution in [1.82, 2.24) is 0 Å². The molecule has 0 atom stereocenters. The number of hydrogen-bond donors (Lipinski definition) is 2. The van der Waals surface area contributed by atoms with Crippen LogP contribution < -0.4 is 11.1 Å². The van der Waals surface area contributed by atoms with Gasteiger partial charge in [0.1, 0.15) is 0 Å². The Balaban J connectivity index is 2.79. The zero-order valence-electron chi connectivity index (χ0n) is 7.34. The number of hydrogen-bond acceptors (Lipinski definition) is 2. The number of nitrogens with two attached hydrogens (primary N) is 1. The minimum atomic E-state index is -4.29. The van der Waals surface area contributed by atoms with Gasteiger partial charge in [0.2, 0.25) is 0 Å². The summed E-state index contributed by atoms with van der Waals surface area (Å²) < 4.78 is 36.1.